The smallest absolute Gasteiger partial charge is 0.273 e. The van der Waals surface area contributed by atoms with Crippen molar-refractivity contribution < 1.29 is 14.1 Å². The second-order valence-corrected chi connectivity index (χ2v) is 5.97. The third-order valence-corrected chi connectivity index (χ3v) is 3.80. The number of amides is 2. The normalized spacial score (nSPS) is 13.7. The molecule has 0 unspecified atom stereocenters. The quantitative estimate of drug-likeness (QED) is 0.918. The maximum atomic E-state index is 12.0. The number of aromatic nitrogens is 1. The van der Waals surface area contributed by atoms with E-state index >= 15 is 0 Å². The summed E-state index contributed by atoms with van der Waals surface area (Å²) in [6.45, 7) is 0.376. The first-order valence-corrected chi connectivity index (χ1v) is 7.60. The second-order valence-electron chi connectivity index (χ2n) is 5.97. The van der Waals surface area contributed by atoms with Crippen molar-refractivity contribution in [3.63, 3.8) is 0 Å². The molecule has 1 aliphatic carbocycles. The van der Waals surface area contributed by atoms with E-state index in [2.05, 4.69) is 10.5 Å². The van der Waals surface area contributed by atoms with Crippen molar-refractivity contribution in [3.8, 4) is 0 Å². The summed E-state index contributed by atoms with van der Waals surface area (Å²) in [5.41, 5.74) is 1.85. The molecule has 0 saturated heterocycles. The molecule has 1 heterocycles. The van der Waals surface area contributed by atoms with Crippen molar-refractivity contribution in [2.45, 2.75) is 25.3 Å². The van der Waals surface area contributed by atoms with Crippen LogP contribution in [0.25, 0.3) is 0 Å². The van der Waals surface area contributed by atoms with Gasteiger partial charge in [0.2, 0.25) is 0 Å². The van der Waals surface area contributed by atoms with E-state index < -0.39 is 0 Å². The van der Waals surface area contributed by atoms with Gasteiger partial charge in [-0.15, -0.1) is 0 Å². The van der Waals surface area contributed by atoms with Gasteiger partial charge in [0.25, 0.3) is 11.8 Å². The Kier molecular flexibility index (Phi) is 4.14. The highest BCUT2D eigenvalue weighted by Gasteiger charge is 2.28. The van der Waals surface area contributed by atoms with Gasteiger partial charge in [-0.2, -0.15) is 0 Å². The molecular weight excluding hydrogens is 294 g/mol. The molecular formula is C17H19N3O3. The van der Waals surface area contributed by atoms with Gasteiger partial charge in [-0.25, -0.2) is 0 Å². The Morgan fingerprint density at radius 2 is 1.96 bits per heavy atom. The number of rotatable bonds is 5. The molecule has 1 aromatic carbocycles. The molecule has 1 N–H and O–H groups in total. The van der Waals surface area contributed by atoms with Crippen LogP contribution >= 0.6 is 0 Å². The van der Waals surface area contributed by atoms with Crippen LogP contribution in [0.15, 0.2) is 34.9 Å². The molecule has 0 atom stereocenters. The third-order valence-electron chi connectivity index (χ3n) is 3.80. The summed E-state index contributed by atoms with van der Waals surface area (Å²) in [5, 5.41) is 6.61. The highest BCUT2D eigenvalue weighted by molar-refractivity contribution is 5.94. The lowest BCUT2D eigenvalue weighted by Gasteiger charge is -2.10. The van der Waals surface area contributed by atoms with Crippen molar-refractivity contribution in [2.24, 2.45) is 0 Å². The van der Waals surface area contributed by atoms with E-state index in [-0.39, 0.29) is 11.8 Å². The molecule has 2 aromatic rings. The Balaban J connectivity index is 1.56. The summed E-state index contributed by atoms with van der Waals surface area (Å²) >= 11 is 0. The van der Waals surface area contributed by atoms with E-state index in [1.54, 1.807) is 32.3 Å². The largest absolute Gasteiger partial charge is 0.360 e. The fourth-order valence-electron chi connectivity index (χ4n) is 2.25. The number of nitrogens with one attached hydrogen (secondary N) is 1. The van der Waals surface area contributed by atoms with E-state index in [1.165, 1.54) is 4.90 Å². The van der Waals surface area contributed by atoms with Gasteiger partial charge < -0.3 is 14.7 Å². The van der Waals surface area contributed by atoms with Gasteiger partial charge in [0.15, 0.2) is 5.69 Å². The van der Waals surface area contributed by atoms with Gasteiger partial charge in [0, 0.05) is 38.2 Å². The summed E-state index contributed by atoms with van der Waals surface area (Å²) in [7, 11) is 3.43. The van der Waals surface area contributed by atoms with Gasteiger partial charge in [-0.05, 0) is 30.5 Å². The molecule has 0 bridgehead atoms. The average Bonchev–Trinajstić information content (AvgIpc) is 3.29. The Morgan fingerprint density at radius 1 is 1.26 bits per heavy atom. The zero-order valence-corrected chi connectivity index (χ0v) is 13.2. The standard InChI is InChI=1S/C17H19N3O3/c1-20(2)17(22)13-5-3-11(4-6-13)10-18-16(21)14-9-15(23-19-14)12-7-8-12/h3-6,9,12H,7-8,10H2,1-2H3,(H,18,21). The van der Waals surface area contributed by atoms with Crippen LogP contribution in [0.2, 0.25) is 0 Å². The number of hydrogen-bond donors (Lipinski definition) is 1. The Morgan fingerprint density at radius 3 is 2.57 bits per heavy atom. The zero-order valence-electron chi connectivity index (χ0n) is 13.2. The van der Waals surface area contributed by atoms with Crippen LogP contribution in [0.5, 0.6) is 0 Å². The number of nitrogens with zero attached hydrogens (tertiary/aromatic N) is 2. The van der Waals surface area contributed by atoms with E-state index in [0.29, 0.717) is 23.7 Å². The highest BCUT2D eigenvalue weighted by atomic mass is 16.5. The minimum Gasteiger partial charge on any atom is -0.360 e. The SMILES string of the molecule is CN(C)C(=O)c1ccc(CNC(=O)c2cc(C3CC3)on2)cc1. The topological polar surface area (TPSA) is 75.4 Å². The van der Waals surface area contributed by atoms with Crippen LogP contribution in [0.1, 0.15) is 50.9 Å². The predicted octanol–water partition coefficient (Wildman–Crippen LogP) is 2.18. The lowest BCUT2D eigenvalue weighted by atomic mass is 10.1. The lowest BCUT2D eigenvalue weighted by molar-refractivity contribution is 0.0827. The molecule has 0 spiro atoms. The molecule has 2 amide bonds. The molecule has 0 aliphatic heterocycles. The van der Waals surface area contributed by atoms with E-state index in [0.717, 1.165) is 24.2 Å². The third kappa shape index (κ3) is 3.59. The van der Waals surface area contributed by atoms with Crippen LogP contribution in [-0.2, 0) is 6.54 Å². The van der Waals surface area contributed by atoms with E-state index in [1.807, 2.05) is 12.1 Å². The van der Waals surface area contributed by atoms with Gasteiger partial charge in [0.1, 0.15) is 5.76 Å². The molecule has 23 heavy (non-hydrogen) atoms. The average molecular weight is 313 g/mol. The second kappa shape index (κ2) is 6.24. The first kappa shape index (κ1) is 15.3. The summed E-state index contributed by atoms with van der Waals surface area (Å²) in [6, 6.07) is 8.88. The fourth-order valence-corrected chi connectivity index (χ4v) is 2.25. The Labute approximate surface area is 134 Å². The van der Waals surface area contributed by atoms with Crippen molar-refractivity contribution in [1.29, 1.82) is 0 Å². The van der Waals surface area contributed by atoms with Crippen LogP contribution in [0, 0.1) is 0 Å². The first-order chi connectivity index (χ1) is 11.0. The Hall–Kier alpha value is -2.63. The maximum Gasteiger partial charge on any atom is 0.273 e. The molecule has 1 fully saturated rings. The van der Waals surface area contributed by atoms with Crippen molar-refractivity contribution in [3.05, 3.63) is 52.9 Å². The van der Waals surface area contributed by atoms with Crippen LogP contribution < -0.4 is 5.32 Å². The molecule has 0 radical (unpaired) electrons. The molecule has 120 valence electrons. The molecule has 1 aromatic heterocycles. The highest BCUT2D eigenvalue weighted by Crippen LogP contribution is 2.40. The van der Waals surface area contributed by atoms with Crippen LogP contribution in [-0.4, -0.2) is 36.0 Å². The number of carbonyl (C=O) groups excluding carboxylic acids is 2. The lowest BCUT2D eigenvalue weighted by Crippen LogP contribution is -2.23. The molecule has 1 saturated carbocycles. The zero-order chi connectivity index (χ0) is 16.4. The minimum atomic E-state index is -0.255. The monoisotopic (exact) mass is 313 g/mol. The molecule has 3 rings (SSSR count). The van der Waals surface area contributed by atoms with E-state index in [9.17, 15) is 9.59 Å². The van der Waals surface area contributed by atoms with Crippen LogP contribution in [0.3, 0.4) is 0 Å². The summed E-state index contributed by atoms with van der Waals surface area (Å²) in [5.74, 6) is 0.928. The number of benzene rings is 1. The van der Waals surface area contributed by atoms with Gasteiger partial charge >= 0.3 is 0 Å². The maximum absolute atomic E-state index is 12.0. The fraction of sp³-hybridized carbons (Fsp3) is 0.353. The summed E-state index contributed by atoms with van der Waals surface area (Å²) in [4.78, 5) is 25.4. The van der Waals surface area contributed by atoms with Gasteiger partial charge in [-0.3, -0.25) is 9.59 Å². The van der Waals surface area contributed by atoms with E-state index in [4.69, 9.17) is 4.52 Å². The number of carbonyl (C=O) groups is 2. The van der Waals surface area contributed by atoms with Crippen molar-refractivity contribution in [1.82, 2.24) is 15.4 Å². The molecule has 6 nitrogen and oxygen atoms in total. The Bertz CT molecular complexity index is 715. The molecule has 6 heteroatoms. The summed E-state index contributed by atoms with van der Waals surface area (Å²) in [6.07, 6.45) is 2.21. The van der Waals surface area contributed by atoms with Gasteiger partial charge in [-0.1, -0.05) is 17.3 Å². The van der Waals surface area contributed by atoms with Crippen molar-refractivity contribution in [2.75, 3.05) is 14.1 Å². The van der Waals surface area contributed by atoms with Crippen LogP contribution in [0.4, 0.5) is 0 Å². The minimum absolute atomic E-state index is 0.0456. The molecule has 1 aliphatic rings. The van der Waals surface area contributed by atoms with Gasteiger partial charge in [0.05, 0.1) is 0 Å². The predicted molar refractivity (Wildman–Crippen MR) is 84.1 cm³/mol. The summed E-state index contributed by atoms with van der Waals surface area (Å²) < 4.78 is 5.17. The number of hydrogen-bond acceptors (Lipinski definition) is 4. The van der Waals surface area contributed by atoms with Crippen molar-refractivity contribution >= 4 is 11.8 Å². The first-order valence-electron chi connectivity index (χ1n) is 7.60.